The summed E-state index contributed by atoms with van der Waals surface area (Å²) in [5, 5.41) is 4.17. The van der Waals surface area contributed by atoms with E-state index in [1.807, 2.05) is 56.0 Å². The highest BCUT2D eigenvalue weighted by atomic mass is 16.5. The van der Waals surface area contributed by atoms with Gasteiger partial charge in [0.1, 0.15) is 5.69 Å². The summed E-state index contributed by atoms with van der Waals surface area (Å²) in [6.45, 7) is 2.68. The third-order valence-corrected chi connectivity index (χ3v) is 4.66. The molecule has 2 unspecified atom stereocenters. The van der Waals surface area contributed by atoms with Gasteiger partial charge in [-0.15, -0.1) is 0 Å². The van der Waals surface area contributed by atoms with Crippen molar-refractivity contribution in [2.24, 2.45) is 7.05 Å². The monoisotopic (exact) mass is 345 g/mol. The van der Waals surface area contributed by atoms with E-state index in [9.17, 15) is 4.79 Å². The quantitative estimate of drug-likeness (QED) is 0.865. The third-order valence-electron chi connectivity index (χ3n) is 4.66. The Morgan fingerprint density at radius 2 is 2.20 bits per heavy atom. The predicted molar refractivity (Wildman–Crippen MR) is 97.9 cm³/mol. The molecule has 1 amide bonds. The lowest BCUT2D eigenvalue weighted by Gasteiger charge is -2.32. The highest BCUT2D eigenvalue weighted by Crippen LogP contribution is 2.19. The number of ether oxygens (including phenoxy) is 2. The van der Waals surface area contributed by atoms with E-state index in [4.69, 9.17) is 9.47 Å². The van der Waals surface area contributed by atoms with Gasteiger partial charge in [0, 0.05) is 31.1 Å². The van der Waals surface area contributed by atoms with Crippen molar-refractivity contribution < 1.29 is 14.3 Å². The number of hydrogen-bond acceptors (Lipinski definition) is 4. The van der Waals surface area contributed by atoms with Crippen LogP contribution in [0.15, 0.2) is 30.3 Å². The first-order valence-corrected chi connectivity index (χ1v) is 8.75. The average molecular weight is 345 g/mol. The molecule has 0 bridgehead atoms. The minimum absolute atomic E-state index is 0.00710. The lowest BCUT2D eigenvalue weighted by atomic mass is 10.1. The Kier molecular flexibility index (Phi) is 5.73. The molecule has 1 aliphatic rings. The Hall–Kier alpha value is -1.89. The molecule has 1 aliphatic heterocycles. The van der Waals surface area contributed by atoms with Crippen LogP contribution in [-0.4, -0.2) is 68.0 Å². The molecule has 2 atom stereocenters. The van der Waals surface area contributed by atoms with Crippen LogP contribution in [0.4, 0.5) is 0 Å². The Bertz CT molecular complexity index is 726. The van der Waals surface area contributed by atoms with Crippen LogP contribution in [0.2, 0.25) is 0 Å². The SMILES string of the molecule is CN(C)CCOC1CCOCC1NC(=O)c1cc2ccccc2n1C. The molecule has 1 fully saturated rings. The van der Waals surface area contributed by atoms with Crippen molar-refractivity contribution in [1.29, 1.82) is 0 Å². The van der Waals surface area contributed by atoms with Crippen molar-refractivity contribution in [1.82, 2.24) is 14.8 Å². The van der Waals surface area contributed by atoms with Gasteiger partial charge in [-0.2, -0.15) is 0 Å². The second-order valence-corrected chi connectivity index (χ2v) is 6.80. The summed E-state index contributed by atoms with van der Waals surface area (Å²) >= 11 is 0. The molecule has 2 heterocycles. The topological polar surface area (TPSA) is 55.7 Å². The van der Waals surface area contributed by atoms with Gasteiger partial charge in [0.2, 0.25) is 0 Å². The Morgan fingerprint density at radius 3 is 2.96 bits per heavy atom. The maximum atomic E-state index is 12.8. The van der Waals surface area contributed by atoms with E-state index in [1.54, 1.807) is 0 Å². The van der Waals surface area contributed by atoms with Crippen LogP contribution in [0, 0.1) is 0 Å². The minimum atomic E-state index is -0.124. The largest absolute Gasteiger partial charge is 0.379 e. The Labute approximate surface area is 148 Å². The number of fused-ring (bicyclic) bond motifs is 1. The first-order valence-electron chi connectivity index (χ1n) is 8.75. The number of amides is 1. The van der Waals surface area contributed by atoms with Crippen molar-refractivity contribution in [3.05, 3.63) is 36.0 Å². The zero-order chi connectivity index (χ0) is 17.8. The summed E-state index contributed by atoms with van der Waals surface area (Å²) in [5.74, 6) is -0.0876. The van der Waals surface area contributed by atoms with Gasteiger partial charge in [0.05, 0.1) is 25.4 Å². The highest BCUT2D eigenvalue weighted by molar-refractivity contribution is 5.98. The van der Waals surface area contributed by atoms with Crippen molar-refractivity contribution in [3.8, 4) is 0 Å². The molecule has 136 valence electrons. The van der Waals surface area contributed by atoms with E-state index in [0.717, 1.165) is 23.9 Å². The lowest BCUT2D eigenvalue weighted by Crippen LogP contribution is -2.51. The second-order valence-electron chi connectivity index (χ2n) is 6.80. The fourth-order valence-electron chi connectivity index (χ4n) is 3.19. The molecular weight excluding hydrogens is 318 g/mol. The first kappa shape index (κ1) is 17.9. The van der Waals surface area contributed by atoms with Crippen molar-refractivity contribution in [2.45, 2.75) is 18.6 Å². The number of aryl methyl sites for hydroxylation is 1. The number of nitrogens with one attached hydrogen (secondary N) is 1. The van der Waals surface area contributed by atoms with Gasteiger partial charge < -0.3 is 24.3 Å². The molecule has 6 heteroatoms. The number of carbonyl (C=O) groups is 1. The van der Waals surface area contributed by atoms with Crippen molar-refractivity contribution in [3.63, 3.8) is 0 Å². The molecule has 0 saturated carbocycles. The van der Waals surface area contributed by atoms with Gasteiger partial charge in [0.15, 0.2) is 0 Å². The summed E-state index contributed by atoms with van der Waals surface area (Å²) in [6.07, 6.45) is 0.792. The maximum Gasteiger partial charge on any atom is 0.268 e. The maximum absolute atomic E-state index is 12.8. The lowest BCUT2D eigenvalue weighted by molar-refractivity contribution is -0.0562. The van der Waals surface area contributed by atoms with Gasteiger partial charge >= 0.3 is 0 Å². The predicted octanol–water partition coefficient (Wildman–Crippen LogP) is 1.64. The number of rotatable bonds is 6. The number of carbonyl (C=O) groups excluding carboxylic acids is 1. The third kappa shape index (κ3) is 4.21. The molecule has 1 aromatic heterocycles. The van der Waals surface area contributed by atoms with Crippen molar-refractivity contribution >= 4 is 16.8 Å². The molecule has 3 rings (SSSR count). The standard InChI is InChI=1S/C19H27N3O3/c1-21(2)9-11-25-18-8-10-24-13-15(18)20-19(23)17-12-14-6-4-5-7-16(14)22(17)3/h4-7,12,15,18H,8-11,13H2,1-3H3,(H,20,23). The highest BCUT2D eigenvalue weighted by Gasteiger charge is 2.29. The van der Waals surface area contributed by atoms with Gasteiger partial charge in [-0.3, -0.25) is 4.79 Å². The van der Waals surface area contributed by atoms with Gasteiger partial charge in [-0.1, -0.05) is 18.2 Å². The van der Waals surface area contributed by atoms with Crippen LogP contribution in [-0.2, 0) is 16.5 Å². The van der Waals surface area contributed by atoms with E-state index >= 15 is 0 Å². The van der Waals surface area contributed by atoms with E-state index < -0.39 is 0 Å². The number of hydrogen-bond donors (Lipinski definition) is 1. The van der Waals surface area contributed by atoms with Crippen LogP contribution in [0.1, 0.15) is 16.9 Å². The number of benzene rings is 1. The molecule has 0 radical (unpaired) electrons. The van der Waals surface area contributed by atoms with Crippen LogP contribution < -0.4 is 5.32 Å². The van der Waals surface area contributed by atoms with Crippen LogP contribution in [0.5, 0.6) is 0 Å². The average Bonchev–Trinajstić information content (AvgIpc) is 2.93. The molecule has 1 saturated heterocycles. The molecule has 0 aliphatic carbocycles. The summed E-state index contributed by atoms with van der Waals surface area (Å²) in [6, 6.07) is 9.80. The number of likely N-dealkylation sites (N-methyl/N-ethyl adjacent to an activating group) is 1. The summed E-state index contributed by atoms with van der Waals surface area (Å²) in [7, 11) is 5.96. The van der Waals surface area contributed by atoms with E-state index in [-0.39, 0.29) is 18.1 Å². The van der Waals surface area contributed by atoms with Crippen LogP contribution in [0.3, 0.4) is 0 Å². The van der Waals surface area contributed by atoms with Gasteiger partial charge in [-0.05, 0) is 32.6 Å². The fraction of sp³-hybridized carbons (Fsp3) is 0.526. The van der Waals surface area contributed by atoms with Gasteiger partial charge in [-0.25, -0.2) is 0 Å². The van der Waals surface area contributed by atoms with Crippen LogP contribution in [0.25, 0.3) is 10.9 Å². The zero-order valence-electron chi connectivity index (χ0n) is 15.2. The molecule has 25 heavy (non-hydrogen) atoms. The second kappa shape index (κ2) is 7.99. The molecule has 1 aromatic carbocycles. The van der Waals surface area contributed by atoms with Crippen molar-refractivity contribution in [2.75, 3.05) is 40.5 Å². The van der Waals surface area contributed by atoms with E-state index in [0.29, 0.717) is 25.5 Å². The smallest absolute Gasteiger partial charge is 0.268 e. The molecule has 2 aromatic rings. The van der Waals surface area contributed by atoms with E-state index in [2.05, 4.69) is 10.2 Å². The molecule has 6 nitrogen and oxygen atoms in total. The summed E-state index contributed by atoms with van der Waals surface area (Å²) in [5.41, 5.74) is 1.70. The van der Waals surface area contributed by atoms with Gasteiger partial charge in [0.25, 0.3) is 5.91 Å². The first-order chi connectivity index (χ1) is 12.1. The Morgan fingerprint density at radius 1 is 1.40 bits per heavy atom. The summed E-state index contributed by atoms with van der Waals surface area (Å²) in [4.78, 5) is 14.9. The number of nitrogens with zero attached hydrogens (tertiary/aromatic N) is 2. The number of para-hydroxylation sites is 1. The molecular formula is C19H27N3O3. The molecule has 1 N–H and O–H groups in total. The van der Waals surface area contributed by atoms with Crippen LogP contribution >= 0.6 is 0 Å². The normalized spacial score (nSPS) is 21.0. The molecule has 0 spiro atoms. The minimum Gasteiger partial charge on any atom is -0.379 e. The zero-order valence-corrected chi connectivity index (χ0v) is 15.2. The number of aromatic nitrogens is 1. The summed E-state index contributed by atoms with van der Waals surface area (Å²) < 4.78 is 13.5. The Balaban J connectivity index is 1.68. The fourth-order valence-corrected chi connectivity index (χ4v) is 3.19. The van der Waals surface area contributed by atoms with E-state index in [1.165, 1.54) is 0 Å².